The van der Waals surface area contributed by atoms with Crippen LogP contribution in [0.5, 0.6) is 0 Å². The Balaban J connectivity index is 2.20. The lowest BCUT2D eigenvalue weighted by Gasteiger charge is -2.22. The third kappa shape index (κ3) is 3.80. The molecule has 1 N–H and O–H groups in total. The lowest BCUT2D eigenvalue weighted by molar-refractivity contribution is -0.154. The molecular weight excluding hydrogens is 194 g/mol. The van der Waals surface area contributed by atoms with Gasteiger partial charge >= 0.3 is 5.97 Å². The highest BCUT2D eigenvalue weighted by Gasteiger charge is 2.29. The molecule has 1 aliphatic rings. The van der Waals surface area contributed by atoms with Crippen molar-refractivity contribution < 1.29 is 14.3 Å². The van der Waals surface area contributed by atoms with Crippen molar-refractivity contribution in [3.05, 3.63) is 0 Å². The first-order valence-corrected chi connectivity index (χ1v) is 5.43. The molecule has 88 valence electrons. The minimum absolute atomic E-state index is 0.216. The van der Waals surface area contributed by atoms with Gasteiger partial charge in [0.1, 0.15) is 0 Å². The lowest BCUT2D eigenvalue weighted by Crippen LogP contribution is -2.31. The fourth-order valence-corrected chi connectivity index (χ4v) is 1.67. The first-order valence-electron chi connectivity index (χ1n) is 5.43. The third-order valence-electron chi connectivity index (χ3n) is 2.72. The maximum absolute atomic E-state index is 11.3. The predicted octanol–water partition coefficient (Wildman–Crippen LogP) is 0.812. The highest BCUT2D eigenvalue weighted by atomic mass is 16.5. The second-order valence-corrected chi connectivity index (χ2v) is 4.75. The highest BCUT2D eigenvalue weighted by Crippen LogP contribution is 2.18. The summed E-state index contributed by atoms with van der Waals surface area (Å²) in [6, 6.07) is 0. The molecule has 1 unspecified atom stereocenters. The summed E-state index contributed by atoms with van der Waals surface area (Å²) in [5.41, 5.74) is -0.541. The van der Waals surface area contributed by atoms with Crippen molar-refractivity contribution in [3.63, 3.8) is 0 Å². The molecule has 1 saturated heterocycles. The fourth-order valence-electron chi connectivity index (χ4n) is 1.67. The Bertz CT molecular complexity index is 210. The number of rotatable bonds is 5. The Morgan fingerprint density at radius 2 is 2.27 bits per heavy atom. The summed E-state index contributed by atoms with van der Waals surface area (Å²) < 4.78 is 10.3. The van der Waals surface area contributed by atoms with E-state index in [-0.39, 0.29) is 5.97 Å². The predicted molar refractivity (Wildman–Crippen MR) is 57.6 cm³/mol. The Kier molecular flexibility index (Phi) is 4.54. The van der Waals surface area contributed by atoms with Crippen molar-refractivity contribution in [2.24, 2.45) is 11.3 Å². The van der Waals surface area contributed by atoms with Crippen molar-refractivity contribution in [1.82, 2.24) is 5.32 Å². The summed E-state index contributed by atoms with van der Waals surface area (Å²) in [4.78, 5) is 11.3. The van der Waals surface area contributed by atoms with Gasteiger partial charge in [-0.15, -0.1) is 0 Å². The number of esters is 1. The van der Waals surface area contributed by atoms with Crippen LogP contribution in [0.4, 0.5) is 0 Å². The van der Waals surface area contributed by atoms with Crippen LogP contribution in [0.25, 0.3) is 0 Å². The molecule has 4 heteroatoms. The Hall–Kier alpha value is -0.610. The maximum Gasteiger partial charge on any atom is 0.313 e. The number of methoxy groups -OCH3 is 1. The molecule has 4 nitrogen and oxygen atoms in total. The van der Waals surface area contributed by atoms with Gasteiger partial charge in [-0.2, -0.15) is 0 Å². The molecule has 0 amide bonds. The van der Waals surface area contributed by atoms with Gasteiger partial charge in [0, 0.05) is 6.54 Å². The van der Waals surface area contributed by atoms with Crippen molar-refractivity contribution in [3.8, 4) is 0 Å². The third-order valence-corrected chi connectivity index (χ3v) is 2.72. The zero-order valence-corrected chi connectivity index (χ0v) is 9.84. The van der Waals surface area contributed by atoms with E-state index in [1.54, 1.807) is 0 Å². The lowest BCUT2D eigenvalue weighted by atomic mass is 9.95. The number of hydrogen-bond donors (Lipinski definition) is 1. The molecule has 1 aliphatic heterocycles. The van der Waals surface area contributed by atoms with Crippen LogP contribution in [-0.2, 0) is 14.3 Å². The van der Waals surface area contributed by atoms with Crippen molar-refractivity contribution in [1.29, 1.82) is 0 Å². The van der Waals surface area contributed by atoms with Gasteiger partial charge in [0.05, 0.1) is 25.7 Å². The van der Waals surface area contributed by atoms with E-state index in [0.29, 0.717) is 12.5 Å². The number of hydrogen-bond acceptors (Lipinski definition) is 4. The minimum Gasteiger partial charge on any atom is -0.469 e. The van der Waals surface area contributed by atoms with E-state index in [2.05, 4.69) is 5.32 Å². The summed E-state index contributed by atoms with van der Waals surface area (Å²) in [5, 5.41) is 3.28. The van der Waals surface area contributed by atoms with Crippen molar-refractivity contribution in [2.75, 3.05) is 33.4 Å². The molecule has 0 radical (unpaired) electrons. The molecule has 0 aromatic carbocycles. The molecule has 0 aromatic heterocycles. The molecule has 0 spiro atoms. The van der Waals surface area contributed by atoms with Crippen LogP contribution in [0.3, 0.4) is 0 Å². The number of nitrogens with one attached hydrogen (secondary N) is 1. The van der Waals surface area contributed by atoms with E-state index < -0.39 is 5.41 Å². The summed E-state index contributed by atoms with van der Waals surface area (Å²) in [7, 11) is 1.41. The summed E-state index contributed by atoms with van der Waals surface area (Å²) in [6.07, 6.45) is 1.17. The van der Waals surface area contributed by atoms with Gasteiger partial charge in [0.25, 0.3) is 0 Å². The van der Waals surface area contributed by atoms with E-state index >= 15 is 0 Å². The zero-order chi connectivity index (χ0) is 11.3. The van der Waals surface area contributed by atoms with Crippen LogP contribution >= 0.6 is 0 Å². The Labute approximate surface area is 91.3 Å². The first-order chi connectivity index (χ1) is 7.06. The summed E-state index contributed by atoms with van der Waals surface area (Å²) in [6.45, 7) is 6.94. The molecule has 0 saturated carbocycles. The Morgan fingerprint density at radius 1 is 1.53 bits per heavy atom. The minimum atomic E-state index is -0.541. The van der Waals surface area contributed by atoms with Crippen LogP contribution in [-0.4, -0.2) is 39.4 Å². The molecule has 0 aliphatic carbocycles. The topological polar surface area (TPSA) is 47.6 Å². The van der Waals surface area contributed by atoms with Gasteiger partial charge in [-0.25, -0.2) is 0 Å². The molecule has 1 heterocycles. The van der Waals surface area contributed by atoms with E-state index in [4.69, 9.17) is 9.47 Å². The molecule has 15 heavy (non-hydrogen) atoms. The number of ether oxygens (including phenoxy) is 2. The second-order valence-electron chi connectivity index (χ2n) is 4.75. The van der Waals surface area contributed by atoms with Gasteiger partial charge in [-0.1, -0.05) is 0 Å². The quantitative estimate of drug-likeness (QED) is 0.689. The van der Waals surface area contributed by atoms with Crippen LogP contribution < -0.4 is 5.32 Å². The van der Waals surface area contributed by atoms with Crippen LogP contribution in [0.2, 0.25) is 0 Å². The van der Waals surface area contributed by atoms with Crippen LogP contribution in [0, 0.1) is 11.3 Å². The van der Waals surface area contributed by atoms with Gasteiger partial charge in [0.15, 0.2) is 0 Å². The number of carbonyl (C=O) groups excluding carboxylic acids is 1. The Morgan fingerprint density at radius 3 is 2.80 bits per heavy atom. The standard InChI is InChI=1S/C11H21NO3/c1-11(2,10(13)14-3)8-15-7-9-4-5-12-6-9/h9,12H,4-8H2,1-3H3. The van der Waals surface area contributed by atoms with E-state index in [0.717, 1.165) is 19.7 Å². The second kappa shape index (κ2) is 5.47. The SMILES string of the molecule is COC(=O)C(C)(C)COCC1CCNC1. The van der Waals surface area contributed by atoms with Gasteiger partial charge < -0.3 is 14.8 Å². The van der Waals surface area contributed by atoms with E-state index in [1.807, 2.05) is 13.8 Å². The largest absolute Gasteiger partial charge is 0.469 e. The molecule has 0 bridgehead atoms. The molecule has 1 atom stereocenters. The average molecular weight is 215 g/mol. The molecule has 1 rings (SSSR count). The average Bonchev–Trinajstić information content (AvgIpc) is 2.69. The molecule has 1 fully saturated rings. The smallest absolute Gasteiger partial charge is 0.313 e. The van der Waals surface area contributed by atoms with Gasteiger partial charge in [0.2, 0.25) is 0 Å². The van der Waals surface area contributed by atoms with Crippen molar-refractivity contribution >= 4 is 5.97 Å². The maximum atomic E-state index is 11.3. The zero-order valence-electron chi connectivity index (χ0n) is 9.84. The summed E-state index contributed by atoms with van der Waals surface area (Å²) >= 11 is 0. The highest BCUT2D eigenvalue weighted by molar-refractivity contribution is 5.75. The van der Waals surface area contributed by atoms with Gasteiger partial charge in [-0.05, 0) is 32.7 Å². The monoisotopic (exact) mass is 215 g/mol. The summed E-state index contributed by atoms with van der Waals surface area (Å²) in [5.74, 6) is 0.380. The van der Waals surface area contributed by atoms with E-state index in [1.165, 1.54) is 13.5 Å². The number of carbonyl (C=O) groups is 1. The van der Waals surface area contributed by atoms with Crippen molar-refractivity contribution in [2.45, 2.75) is 20.3 Å². The molecule has 0 aromatic rings. The fraction of sp³-hybridized carbons (Fsp3) is 0.909. The first kappa shape index (κ1) is 12.5. The van der Waals surface area contributed by atoms with Crippen LogP contribution in [0.1, 0.15) is 20.3 Å². The molecular formula is C11H21NO3. The van der Waals surface area contributed by atoms with Crippen LogP contribution in [0.15, 0.2) is 0 Å². The van der Waals surface area contributed by atoms with E-state index in [9.17, 15) is 4.79 Å². The van der Waals surface area contributed by atoms with Gasteiger partial charge in [-0.3, -0.25) is 4.79 Å². The normalized spacial score (nSPS) is 21.7.